The van der Waals surface area contributed by atoms with Crippen LogP contribution in [0.15, 0.2) is 42.5 Å². The number of methoxy groups -OCH3 is 1. The minimum atomic E-state index is -0.487. The number of nitrogens with zero attached hydrogens (tertiary/aromatic N) is 1. The van der Waals surface area contributed by atoms with Gasteiger partial charge in [0.05, 0.1) is 23.7 Å². The quantitative estimate of drug-likeness (QED) is 0.474. The zero-order valence-electron chi connectivity index (χ0n) is 17.6. The fourth-order valence-electron chi connectivity index (χ4n) is 3.71. The Morgan fingerprint density at radius 3 is 2.67 bits per heavy atom. The number of hydrogen-bond donors (Lipinski definition) is 2. The fraction of sp³-hybridized carbons (Fsp3) is 0.391. The summed E-state index contributed by atoms with van der Waals surface area (Å²) in [6, 6.07) is 13.7. The van der Waals surface area contributed by atoms with Crippen LogP contribution in [0.2, 0.25) is 5.02 Å². The number of halogens is 1. The molecule has 0 bridgehead atoms. The van der Waals surface area contributed by atoms with Crippen molar-refractivity contribution < 1.29 is 9.53 Å². The molecule has 160 valence electrons. The molecule has 0 unspecified atom stereocenters. The van der Waals surface area contributed by atoms with E-state index in [0.29, 0.717) is 21.4 Å². The summed E-state index contributed by atoms with van der Waals surface area (Å²) in [6.45, 7) is 6.62. The number of piperidine rings is 1. The van der Waals surface area contributed by atoms with Gasteiger partial charge in [-0.2, -0.15) is 0 Å². The van der Waals surface area contributed by atoms with Gasteiger partial charge in [0, 0.05) is 24.5 Å². The molecule has 7 heteroatoms. The van der Waals surface area contributed by atoms with Gasteiger partial charge in [-0.25, -0.2) is 4.79 Å². The average molecular weight is 446 g/mol. The van der Waals surface area contributed by atoms with Crippen molar-refractivity contribution in [2.75, 3.05) is 30.4 Å². The molecule has 0 aromatic heterocycles. The number of ether oxygens (including phenoxy) is 1. The van der Waals surface area contributed by atoms with E-state index in [4.69, 9.17) is 28.6 Å². The predicted molar refractivity (Wildman–Crippen MR) is 128 cm³/mol. The number of carbonyl (C=O) groups excluding carboxylic acids is 1. The van der Waals surface area contributed by atoms with E-state index in [9.17, 15) is 4.79 Å². The highest BCUT2D eigenvalue weighted by Gasteiger charge is 2.17. The maximum absolute atomic E-state index is 11.8. The summed E-state index contributed by atoms with van der Waals surface area (Å²) in [5, 5.41) is 7.19. The Kier molecular flexibility index (Phi) is 7.56. The summed E-state index contributed by atoms with van der Waals surface area (Å²) in [7, 11) is 1.32. The average Bonchev–Trinajstić information content (AvgIpc) is 2.74. The van der Waals surface area contributed by atoms with Crippen molar-refractivity contribution in [2.24, 2.45) is 5.92 Å². The van der Waals surface area contributed by atoms with Crippen molar-refractivity contribution in [1.82, 2.24) is 5.32 Å². The molecule has 0 saturated carbocycles. The zero-order valence-corrected chi connectivity index (χ0v) is 19.1. The molecular formula is C23H28ClN3O2S. The third-order valence-corrected chi connectivity index (χ3v) is 5.94. The van der Waals surface area contributed by atoms with Crippen molar-refractivity contribution >= 4 is 46.3 Å². The molecule has 1 fully saturated rings. The van der Waals surface area contributed by atoms with Crippen LogP contribution in [0.25, 0.3) is 0 Å². The van der Waals surface area contributed by atoms with Gasteiger partial charge in [0.25, 0.3) is 0 Å². The van der Waals surface area contributed by atoms with Gasteiger partial charge in [-0.15, -0.1) is 0 Å². The zero-order chi connectivity index (χ0) is 21.7. The molecule has 0 spiro atoms. The van der Waals surface area contributed by atoms with Crippen LogP contribution in [0.4, 0.5) is 11.4 Å². The lowest BCUT2D eigenvalue weighted by Gasteiger charge is -2.33. The Hall–Kier alpha value is -2.31. The van der Waals surface area contributed by atoms with Crippen molar-refractivity contribution in [3.05, 3.63) is 58.6 Å². The van der Waals surface area contributed by atoms with E-state index in [2.05, 4.69) is 53.6 Å². The van der Waals surface area contributed by atoms with Gasteiger partial charge >= 0.3 is 5.97 Å². The fourth-order valence-corrected chi connectivity index (χ4v) is 4.20. The molecule has 0 radical (unpaired) electrons. The van der Waals surface area contributed by atoms with Crippen LogP contribution in [0.3, 0.4) is 0 Å². The Morgan fingerprint density at radius 1 is 1.27 bits per heavy atom. The van der Waals surface area contributed by atoms with Gasteiger partial charge < -0.3 is 20.3 Å². The maximum Gasteiger partial charge on any atom is 0.339 e. The molecule has 1 heterocycles. The van der Waals surface area contributed by atoms with E-state index in [1.54, 1.807) is 18.2 Å². The van der Waals surface area contributed by atoms with Gasteiger partial charge in [0.1, 0.15) is 0 Å². The number of hydrogen-bond acceptors (Lipinski definition) is 4. The third kappa shape index (κ3) is 5.64. The highest BCUT2D eigenvalue weighted by molar-refractivity contribution is 7.80. The lowest BCUT2D eigenvalue weighted by Crippen LogP contribution is -2.34. The highest BCUT2D eigenvalue weighted by atomic mass is 35.5. The monoisotopic (exact) mass is 445 g/mol. The van der Waals surface area contributed by atoms with Crippen molar-refractivity contribution in [1.29, 1.82) is 0 Å². The lowest BCUT2D eigenvalue weighted by atomic mass is 9.99. The largest absolute Gasteiger partial charge is 0.465 e. The van der Waals surface area contributed by atoms with Crippen molar-refractivity contribution in [2.45, 2.75) is 32.7 Å². The molecule has 3 rings (SSSR count). The summed E-state index contributed by atoms with van der Waals surface area (Å²) in [5.74, 6) is 0.258. The number of anilines is 2. The molecule has 0 aliphatic carbocycles. The van der Waals surface area contributed by atoms with Gasteiger partial charge in [-0.3, -0.25) is 0 Å². The SMILES string of the molecule is COC(=O)c1cc(NC(=S)N[C@H](C)c2ccc(N3CCC[C@H](C)C3)cc2)ccc1Cl. The molecule has 30 heavy (non-hydrogen) atoms. The van der Waals surface area contributed by atoms with E-state index < -0.39 is 5.97 Å². The van der Waals surface area contributed by atoms with E-state index in [1.165, 1.54) is 25.6 Å². The normalized spacial score (nSPS) is 17.2. The number of benzene rings is 2. The number of nitrogens with one attached hydrogen (secondary N) is 2. The summed E-state index contributed by atoms with van der Waals surface area (Å²) in [5.41, 5.74) is 3.38. The molecule has 5 nitrogen and oxygen atoms in total. The van der Waals surface area contributed by atoms with Crippen LogP contribution in [0.1, 0.15) is 48.7 Å². The third-order valence-electron chi connectivity index (χ3n) is 5.39. The Bertz CT molecular complexity index is 904. The second-order valence-electron chi connectivity index (χ2n) is 7.79. The molecule has 1 saturated heterocycles. The minimum Gasteiger partial charge on any atom is -0.465 e. The number of thiocarbonyl (C=S) groups is 1. The van der Waals surface area contributed by atoms with Gasteiger partial charge in [0.15, 0.2) is 5.11 Å². The Labute approximate surface area is 188 Å². The first kappa shape index (κ1) is 22.4. The van der Waals surface area contributed by atoms with E-state index >= 15 is 0 Å². The summed E-state index contributed by atoms with van der Waals surface area (Å²) in [6.07, 6.45) is 2.57. The highest BCUT2D eigenvalue weighted by Crippen LogP contribution is 2.25. The van der Waals surface area contributed by atoms with Crippen LogP contribution in [-0.4, -0.2) is 31.3 Å². The number of carbonyl (C=O) groups is 1. The van der Waals surface area contributed by atoms with Crippen LogP contribution in [0, 0.1) is 5.92 Å². The van der Waals surface area contributed by atoms with Crippen molar-refractivity contribution in [3.63, 3.8) is 0 Å². The standard InChI is InChI=1S/C23H28ClN3O2S/c1-15-5-4-12-27(14-15)19-9-6-17(7-10-19)16(2)25-23(30)26-18-8-11-21(24)20(13-18)22(28)29-3/h6-11,13,15-16H,4-5,12,14H2,1-3H3,(H2,25,26,30)/t15-,16+/m0/s1. The van der Waals surface area contributed by atoms with Crippen LogP contribution >= 0.6 is 23.8 Å². The Morgan fingerprint density at radius 2 is 2.00 bits per heavy atom. The predicted octanol–water partition coefficient (Wildman–Crippen LogP) is 5.41. The molecule has 2 N–H and O–H groups in total. The van der Waals surface area contributed by atoms with E-state index in [-0.39, 0.29) is 6.04 Å². The summed E-state index contributed by atoms with van der Waals surface area (Å²) < 4.78 is 4.76. The molecule has 1 aliphatic rings. The smallest absolute Gasteiger partial charge is 0.339 e. The minimum absolute atomic E-state index is 0.0340. The van der Waals surface area contributed by atoms with Gasteiger partial charge in [-0.05, 0) is 73.8 Å². The van der Waals surface area contributed by atoms with Gasteiger partial charge in [-0.1, -0.05) is 30.7 Å². The first-order valence-electron chi connectivity index (χ1n) is 10.2. The topological polar surface area (TPSA) is 53.6 Å². The lowest BCUT2D eigenvalue weighted by molar-refractivity contribution is 0.0601. The number of esters is 1. The maximum atomic E-state index is 11.8. The molecule has 2 aromatic rings. The van der Waals surface area contributed by atoms with Crippen LogP contribution in [-0.2, 0) is 4.74 Å². The van der Waals surface area contributed by atoms with Crippen LogP contribution < -0.4 is 15.5 Å². The van der Waals surface area contributed by atoms with Crippen LogP contribution in [0.5, 0.6) is 0 Å². The summed E-state index contributed by atoms with van der Waals surface area (Å²) in [4.78, 5) is 14.3. The number of rotatable bonds is 5. The second kappa shape index (κ2) is 10.1. The Balaban J connectivity index is 1.60. The first-order valence-corrected chi connectivity index (χ1v) is 11.0. The van der Waals surface area contributed by atoms with E-state index in [0.717, 1.165) is 24.6 Å². The second-order valence-corrected chi connectivity index (χ2v) is 8.61. The summed E-state index contributed by atoms with van der Waals surface area (Å²) >= 11 is 11.5. The van der Waals surface area contributed by atoms with Crippen molar-refractivity contribution in [3.8, 4) is 0 Å². The molecule has 2 aromatic carbocycles. The van der Waals surface area contributed by atoms with Gasteiger partial charge in [0.2, 0.25) is 0 Å². The molecule has 1 aliphatic heterocycles. The van der Waals surface area contributed by atoms with E-state index in [1.807, 2.05) is 0 Å². The first-order chi connectivity index (χ1) is 14.4. The molecule has 2 atom stereocenters. The molecule has 0 amide bonds. The molecular weight excluding hydrogens is 418 g/mol.